The Morgan fingerprint density at radius 2 is 1.83 bits per heavy atom. The van der Waals surface area contributed by atoms with Gasteiger partial charge < -0.3 is 10.2 Å². The van der Waals surface area contributed by atoms with E-state index in [-0.39, 0.29) is 16.4 Å². The number of nitrogens with one attached hydrogen (secondary N) is 1. The number of carbonyl (C=O) groups excluding carboxylic acids is 1. The zero-order valence-corrected chi connectivity index (χ0v) is 17.1. The molecular weight excluding hydrogens is 403 g/mol. The summed E-state index contributed by atoms with van der Waals surface area (Å²) in [7, 11) is 0. The number of rotatable bonds is 5. The molecule has 1 aliphatic heterocycles. The van der Waals surface area contributed by atoms with Crippen LogP contribution in [0, 0.1) is 11.7 Å². The molecule has 2 heterocycles. The Bertz CT molecular complexity index is 1010. The third kappa shape index (κ3) is 4.94. The van der Waals surface area contributed by atoms with Gasteiger partial charge in [0.15, 0.2) is 11.5 Å². The molecule has 1 amide bonds. The Labute approximate surface area is 179 Å². The average Bonchev–Trinajstić information content (AvgIpc) is 2.77. The number of nitrogens with zero attached hydrogens (tertiary/aromatic N) is 3. The normalized spacial score (nSPS) is 14.5. The second-order valence-corrected chi connectivity index (χ2v) is 7.91. The van der Waals surface area contributed by atoms with E-state index in [1.165, 1.54) is 17.7 Å². The number of halogens is 2. The molecule has 0 bridgehead atoms. The van der Waals surface area contributed by atoms with E-state index < -0.39 is 11.7 Å². The minimum atomic E-state index is -0.598. The van der Waals surface area contributed by atoms with E-state index in [2.05, 4.69) is 44.7 Å². The number of aromatic nitrogens is 2. The maximum atomic E-state index is 13.9. The van der Waals surface area contributed by atoms with Crippen LogP contribution in [-0.2, 0) is 6.42 Å². The molecule has 0 unspecified atom stereocenters. The summed E-state index contributed by atoms with van der Waals surface area (Å²) in [5, 5.41) is 11.0. The average molecular weight is 425 g/mol. The molecule has 2 aromatic carbocycles. The number of piperidine rings is 1. The summed E-state index contributed by atoms with van der Waals surface area (Å²) in [6.45, 7) is 1.82. The van der Waals surface area contributed by atoms with Gasteiger partial charge in [-0.2, -0.15) is 0 Å². The van der Waals surface area contributed by atoms with E-state index in [9.17, 15) is 9.18 Å². The topological polar surface area (TPSA) is 58.1 Å². The Morgan fingerprint density at radius 1 is 1.07 bits per heavy atom. The van der Waals surface area contributed by atoms with Crippen LogP contribution in [0.1, 0.15) is 28.9 Å². The molecule has 154 valence electrons. The molecule has 1 fully saturated rings. The standard InChI is InChI=1S/C23H22ClFN4O/c24-18-6-7-20(19(25)15-18)26-23(30)21-8-9-22(28-27-21)29-12-10-17(11-13-29)14-16-4-2-1-3-5-16/h1-9,15,17H,10-14H2,(H,26,30). The predicted molar refractivity (Wildman–Crippen MR) is 116 cm³/mol. The van der Waals surface area contributed by atoms with Crippen LogP contribution in [0.2, 0.25) is 5.02 Å². The first-order chi connectivity index (χ1) is 14.6. The smallest absolute Gasteiger partial charge is 0.276 e. The minimum absolute atomic E-state index is 0.0516. The van der Waals surface area contributed by atoms with Crippen molar-refractivity contribution in [2.45, 2.75) is 19.3 Å². The van der Waals surface area contributed by atoms with Gasteiger partial charge in [0.05, 0.1) is 5.69 Å². The molecule has 7 heteroatoms. The number of benzene rings is 2. The first-order valence-electron chi connectivity index (χ1n) is 9.97. The molecule has 0 radical (unpaired) electrons. The second-order valence-electron chi connectivity index (χ2n) is 7.48. The van der Waals surface area contributed by atoms with Crippen molar-refractivity contribution in [3.05, 3.63) is 82.8 Å². The third-order valence-electron chi connectivity index (χ3n) is 5.37. The summed E-state index contributed by atoms with van der Waals surface area (Å²) >= 11 is 5.73. The van der Waals surface area contributed by atoms with Crippen molar-refractivity contribution in [1.29, 1.82) is 0 Å². The van der Waals surface area contributed by atoms with Gasteiger partial charge in [0.25, 0.3) is 5.91 Å². The van der Waals surface area contributed by atoms with Gasteiger partial charge in [-0.3, -0.25) is 4.79 Å². The SMILES string of the molecule is O=C(Nc1ccc(Cl)cc1F)c1ccc(N2CCC(Cc3ccccc3)CC2)nn1. The summed E-state index contributed by atoms with van der Waals surface area (Å²) in [6.07, 6.45) is 3.28. The van der Waals surface area contributed by atoms with E-state index in [4.69, 9.17) is 11.6 Å². The van der Waals surface area contributed by atoms with Gasteiger partial charge in [0.1, 0.15) is 5.82 Å². The predicted octanol–water partition coefficient (Wildman–Crippen LogP) is 4.98. The van der Waals surface area contributed by atoms with Crippen molar-refractivity contribution in [3.63, 3.8) is 0 Å². The van der Waals surface area contributed by atoms with E-state index in [1.807, 2.05) is 6.07 Å². The summed E-state index contributed by atoms with van der Waals surface area (Å²) in [4.78, 5) is 14.5. The lowest BCUT2D eigenvalue weighted by Gasteiger charge is -2.32. The number of amides is 1. The lowest BCUT2D eigenvalue weighted by molar-refractivity contribution is 0.102. The largest absolute Gasteiger partial charge is 0.355 e. The van der Waals surface area contributed by atoms with Gasteiger partial charge in [-0.15, -0.1) is 10.2 Å². The molecule has 5 nitrogen and oxygen atoms in total. The highest BCUT2D eigenvalue weighted by Crippen LogP contribution is 2.25. The van der Waals surface area contributed by atoms with Crippen molar-refractivity contribution in [2.75, 3.05) is 23.3 Å². The Kier molecular flexibility index (Phi) is 6.23. The van der Waals surface area contributed by atoms with E-state index in [1.54, 1.807) is 12.1 Å². The summed E-state index contributed by atoms with van der Waals surface area (Å²) in [5.74, 6) is 0.300. The highest BCUT2D eigenvalue weighted by Gasteiger charge is 2.21. The van der Waals surface area contributed by atoms with Gasteiger partial charge in [-0.05, 0) is 61.1 Å². The minimum Gasteiger partial charge on any atom is -0.355 e. The molecule has 30 heavy (non-hydrogen) atoms. The van der Waals surface area contributed by atoms with Gasteiger partial charge in [0.2, 0.25) is 0 Å². The summed E-state index contributed by atoms with van der Waals surface area (Å²) in [5.41, 5.74) is 1.56. The molecular formula is C23H22ClFN4O. The molecule has 3 aromatic rings. The molecule has 0 spiro atoms. The number of hydrogen-bond acceptors (Lipinski definition) is 4. The third-order valence-corrected chi connectivity index (χ3v) is 5.60. The fourth-order valence-electron chi connectivity index (χ4n) is 3.71. The summed E-state index contributed by atoms with van der Waals surface area (Å²) in [6, 6.07) is 18.0. The maximum absolute atomic E-state index is 13.9. The molecule has 1 aliphatic rings. The maximum Gasteiger partial charge on any atom is 0.276 e. The molecule has 0 aliphatic carbocycles. The molecule has 0 atom stereocenters. The Balaban J connectivity index is 1.33. The lowest BCUT2D eigenvalue weighted by atomic mass is 9.90. The van der Waals surface area contributed by atoms with Gasteiger partial charge in [-0.1, -0.05) is 41.9 Å². The number of hydrogen-bond donors (Lipinski definition) is 1. The van der Waals surface area contributed by atoms with E-state index >= 15 is 0 Å². The van der Waals surface area contributed by atoms with E-state index in [0.717, 1.165) is 44.2 Å². The van der Waals surface area contributed by atoms with Crippen LogP contribution in [0.5, 0.6) is 0 Å². The van der Waals surface area contributed by atoms with Crippen molar-refractivity contribution >= 4 is 29.0 Å². The fourth-order valence-corrected chi connectivity index (χ4v) is 3.86. The van der Waals surface area contributed by atoms with Crippen molar-refractivity contribution in [3.8, 4) is 0 Å². The first-order valence-corrected chi connectivity index (χ1v) is 10.4. The summed E-state index contributed by atoms with van der Waals surface area (Å²) < 4.78 is 13.9. The lowest BCUT2D eigenvalue weighted by Crippen LogP contribution is -2.35. The zero-order valence-electron chi connectivity index (χ0n) is 16.4. The zero-order chi connectivity index (χ0) is 20.9. The van der Waals surface area contributed by atoms with Crippen molar-refractivity contribution in [2.24, 2.45) is 5.92 Å². The highest BCUT2D eigenvalue weighted by molar-refractivity contribution is 6.30. The fraction of sp³-hybridized carbons (Fsp3) is 0.261. The Morgan fingerprint density at radius 3 is 2.50 bits per heavy atom. The van der Waals surface area contributed by atoms with Crippen LogP contribution in [0.3, 0.4) is 0 Å². The molecule has 1 aromatic heterocycles. The molecule has 0 saturated carbocycles. The van der Waals surface area contributed by atoms with E-state index in [0.29, 0.717) is 5.92 Å². The van der Waals surface area contributed by atoms with Gasteiger partial charge in [0, 0.05) is 18.1 Å². The van der Waals surface area contributed by atoms with Crippen LogP contribution in [0.25, 0.3) is 0 Å². The second kappa shape index (κ2) is 9.22. The highest BCUT2D eigenvalue weighted by atomic mass is 35.5. The number of anilines is 2. The quantitative estimate of drug-likeness (QED) is 0.627. The van der Waals surface area contributed by atoms with Crippen LogP contribution in [0.15, 0.2) is 60.7 Å². The van der Waals surface area contributed by atoms with Crippen molar-refractivity contribution < 1.29 is 9.18 Å². The molecule has 1 N–H and O–H groups in total. The van der Waals surface area contributed by atoms with Gasteiger partial charge >= 0.3 is 0 Å². The molecule has 4 rings (SSSR count). The van der Waals surface area contributed by atoms with Crippen LogP contribution >= 0.6 is 11.6 Å². The van der Waals surface area contributed by atoms with Gasteiger partial charge in [-0.25, -0.2) is 4.39 Å². The van der Waals surface area contributed by atoms with Crippen LogP contribution < -0.4 is 10.2 Å². The Hall–Kier alpha value is -2.99. The first kappa shape index (κ1) is 20.3. The number of carbonyl (C=O) groups is 1. The van der Waals surface area contributed by atoms with Crippen LogP contribution in [0.4, 0.5) is 15.9 Å². The monoisotopic (exact) mass is 424 g/mol. The molecule has 1 saturated heterocycles. The van der Waals surface area contributed by atoms with Crippen molar-refractivity contribution in [1.82, 2.24) is 10.2 Å². The van der Waals surface area contributed by atoms with Crippen LogP contribution in [-0.4, -0.2) is 29.2 Å².